The topological polar surface area (TPSA) is 38.7 Å². The van der Waals surface area contributed by atoms with Crippen LogP contribution < -0.4 is 0 Å². The van der Waals surface area contributed by atoms with Gasteiger partial charge in [-0.05, 0) is 12.8 Å². The van der Waals surface area contributed by atoms with Gasteiger partial charge in [-0.3, -0.25) is 0 Å². The number of aliphatic hydroxyl groups excluding tert-OH is 1. The molecular weight excluding hydrogens is 168 g/mol. The molecule has 13 heavy (non-hydrogen) atoms. The quantitative estimate of drug-likeness (QED) is 0.723. The van der Waals surface area contributed by atoms with E-state index in [1.807, 2.05) is 0 Å². The highest BCUT2D eigenvalue weighted by molar-refractivity contribution is 4.90. The maximum Gasteiger partial charge on any atom is 0.106 e. The molecular formula is C10H20O3. The third-order valence-electron chi connectivity index (χ3n) is 3.04. The molecule has 1 saturated carbocycles. The Kier molecular flexibility index (Phi) is 4.16. The molecule has 0 bridgehead atoms. The molecule has 1 fully saturated rings. The summed E-state index contributed by atoms with van der Waals surface area (Å²) in [6, 6.07) is 0. The fourth-order valence-corrected chi connectivity index (χ4v) is 2.13. The van der Waals surface area contributed by atoms with Crippen LogP contribution in [0.4, 0.5) is 0 Å². The van der Waals surface area contributed by atoms with Crippen molar-refractivity contribution in [2.75, 3.05) is 20.8 Å². The van der Waals surface area contributed by atoms with Crippen LogP contribution in [0.1, 0.15) is 32.1 Å². The number of methoxy groups -OCH3 is 2. The molecule has 0 heterocycles. The van der Waals surface area contributed by atoms with Gasteiger partial charge in [0.1, 0.15) is 6.10 Å². The molecule has 3 nitrogen and oxygen atoms in total. The molecule has 3 heteroatoms. The predicted molar refractivity (Wildman–Crippen MR) is 50.7 cm³/mol. The van der Waals surface area contributed by atoms with E-state index in [0.717, 1.165) is 25.7 Å². The molecule has 0 aliphatic heterocycles. The van der Waals surface area contributed by atoms with E-state index >= 15 is 0 Å². The van der Waals surface area contributed by atoms with Gasteiger partial charge in [-0.2, -0.15) is 0 Å². The van der Waals surface area contributed by atoms with E-state index < -0.39 is 6.10 Å². The van der Waals surface area contributed by atoms with Crippen molar-refractivity contribution in [1.29, 1.82) is 0 Å². The van der Waals surface area contributed by atoms with Crippen molar-refractivity contribution >= 4 is 0 Å². The summed E-state index contributed by atoms with van der Waals surface area (Å²) in [5.41, 5.74) is -0.339. The minimum absolute atomic E-state index is 0.339. The van der Waals surface area contributed by atoms with Gasteiger partial charge >= 0.3 is 0 Å². The molecule has 1 aliphatic rings. The second-order valence-electron chi connectivity index (χ2n) is 3.80. The smallest absolute Gasteiger partial charge is 0.106 e. The van der Waals surface area contributed by atoms with Gasteiger partial charge in [-0.1, -0.05) is 19.3 Å². The van der Waals surface area contributed by atoms with Crippen LogP contribution in [0.25, 0.3) is 0 Å². The lowest BCUT2D eigenvalue weighted by Crippen LogP contribution is -2.47. The molecule has 0 aromatic carbocycles. The molecule has 0 radical (unpaired) electrons. The van der Waals surface area contributed by atoms with Gasteiger partial charge in [-0.25, -0.2) is 0 Å². The molecule has 0 amide bonds. The SMILES string of the molecule is COCC(O)C1(OC)CCCCC1. The molecule has 1 atom stereocenters. The van der Waals surface area contributed by atoms with E-state index in [9.17, 15) is 5.11 Å². The van der Waals surface area contributed by atoms with E-state index in [1.54, 1.807) is 14.2 Å². The van der Waals surface area contributed by atoms with Gasteiger partial charge in [0.25, 0.3) is 0 Å². The molecule has 0 spiro atoms. The molecule has 1 aliphatic carbocycles. The van der Waals surface area contributed by atoms with Gasteiger partial charge < -0.3 is 14.6 Å². The Labute approximate surface area is 80.0 Å². The summed E-state index contributed by atoms with van der Waals surface area (Å²) in [4.78, 5) is 0. The standard InChI is InChI=1S/C10H20O3/c1-12-8-9(11)10(13-2)6-4-3-5-7-10/h9,11H,3-8H2,1-2H3. The largest absolute Gasteiger partial charge is 0.388 e. The van der Waals surface area contributed by atoms with Gasteiger partial charge in [-0.15, -0.1) is 0 Å². The number of hydrogen-bond donors (Lipinski definition) is 1. The Morgan fingerprint density at radius 3 is 2.31 bits per heavy atom. The molecule has 1 rings (SSSR count). The number of ether oxygens (including phenoxy) is 2. The van der Waals surface area contributed by atoms with Crippen LogP contribution in [0.15, 0.2) is 0 Å². The summed E-state index contributed by atoms with van der Waals surface area (Å²) in [6.45, 7) is 0.369. The van der Waals surface area contributed by atoms with Gasteiger partial charge in [0.2, 0.25) is 0 Å². The minimum Gasteiger partial charge on any atom is -0.388 e. The van der Waals surface area contributed by atoms with E-state index in [2.05, 4.69) is 0 Å². The zero-order chi connectivity index (χ0) is 9.73. The number of hydrogen-bond acceptors (Lipinski definition) is 3. The zero-order valence-corrected chi connectivity index (χ0v) is 8.58. The molecule has 1 N–H and O–H groups in total. The summed E-state index contributed by atoms with van der Waals surface area (Å²) >= 11 is 0. The third-order valence-corrected chi connectivity index (χ3v) is 3.04. The highest BCUT2D eigenvalue weighted by atomic mass is 16.5. The first kappa shape index (κ1) is 11.0. The maximum atomic E-state index is 9.87. The Bertz CT molecular complexity index is 141. The van der Waals surface area contributed by atoms with Crippen molar-refractivity contribution in [3.63, 3.8) is 0 Å². The second-order valence-corrected chi connectivity index (χ2v) is 3.80. The third kappa shape index (κ3) is 2.42. The predicted octanol–water partition coefficient (Wildman–Crippen LogP) is 1.34. The first-order chi connectivity index (χ1) is 6.25. The van der Waals surface area contributed by atoms with Crippen LogP contribution in [0.5, 0.6) is 0 Å². The minimum atomic E-state index is -0.484. The number of rotatable bonds is 4. The Balaban J connectivity index is 2.55. The van der Waals surface area contributed by atoms with Crippen LogP contribution >= 0.6 is 0 Å². The monoisotopic (exact) mass is 188 g/mol. The van der Waals surface area contributed by atoms with Crippen molar-refractivity contribution in [3.8, 4) is 0 Å². The summed E-state index contributed by atoms with van der Waals surface area (Å²) < 4.78 is 10.4. The Morgan fingerprint density at radius 2 is 1.85 bits per heavy atom. The van der Waals surface area contributed by atoms with Crippen LogP contribution in [-0.2, 0) is 9.47 Å². The maximum absolute atomic E-state index is 9.87. The van der Waals surface area contributed by atoms with E-state index in [0.29, 0.717) is 6.61 Å². The van der Waals surface area contributed by atoms with Gasteiger partial charge in [0, 0.05) is 14.2 Å². The Morgan fingerprint density at radius 1 is 1.23 bits per heavy atom. The summed E-state index contributed by atoms with van der Waals surface area (Å²) in [6.07, 6.45) is 4.97. The van der Waals surface area contributed by atoms with E-state index in [4.69, 9.17) is 9.47 Å². The van der Waals surface area contributed by atoms with Crippen LogP contribution in [0.2, 0.25) is 0 Å². The van der Waals surface area contributed by atoms with Gasteiger partial charge in [0.05, 0.1) is 12.2 Å². The summed E-state index contributed by atoms with van der Waals surface area (Å²) in [7, 11) is 3.29. The van der Waals surface area contributed by atoms with Crippen LogP contribution in [-0.4, -0.2) is 37.6 Å². The van der Waals surface area contributed by atoms with Gasteiger partial charge in [0.15, 0.2) is 0 Å². The number of aliphatic hydroxyl groups is 1. The van der Waals surface area contributed by atoms with Crippen LogP contribution in [0.3, 0.4) is 0 Å². The van der Waals surface area contributed by atoms with E-state index in [1.165, 1.54) is 6.42 Å². The molecule has 0 aromatic rings. The average molecular weight is 188 g/mol. The first-order valence-electron chi connectivity index (χ1n) is 4.97. The van der Waals surface area contributed by atoms with Crippen LogP contribution in [0, 0.1) is 0 Å². The first-order valence-corrected chi connectivity index (χ1v) is 4.97. The molecule has 0 saturated heterocycles. The highest BCUT2D eigenvalue weighted by Gasteiger charge is 2.38. The lowest BCUT2D eigenvalue weighted by Gasteiger charge is -2.39. The highest BCUT2D eigenvalue weighted by Crippen LogP contribution is 2.34. The zero-order valence-electron chi connectivity index (χ0n) is 8.58. The van der Waals surface area contributed by atoms with Crippen molar-refractivity contribution in [2.24, 2.45) is 0 Å². The fourth-order valence-electron chi connectivity index (χ4n) is 2.13. The normalized spacial score (nSPS) is 24.2. The van der Waals surface area contributed by atoms with Crippen molar-refractivity contribution in [3.05, 3.63) is 0 Å². The summed E-state index contributed by atoms with van der Waals surface area (Å²) in [5.74, 6) is 0. The molecule has 1 unspecified atom stereocenters. The second kappa shape index (κ2) is 4.94. The fraction of sp³-hybridized carbons (Fsp3) is 1.00. The van der Waals surface area contributed by atoms with E-state index in [-0.39, 0.29) is 5.60 Å². The van der Waals surface area contributed by atoms with Crippen molar-refractivity contribution in [1.82, 2.24) is 0 Å². The lowest BCUT2D eigenvalue weighted by atomic mass is 9.80. The van der Waals surface area contributed by atoms with Crippen molar-refractivity contribution < 1.29 is 14.6 Å². The lowest BCUT2D eigenvalue weighted by molar-refractivity contribution is -0.140. The summed E-state index contributed by atoms with van der Waals surface area (Å²) in [5, 5.41) is 9.87. The molecule has 78 valence electrons. The average Bonchev–Trinajstić information content (AvgIpc) is 2.19. The Hall–Kier alpha value is -0.120. The van der Waals surface area contributed by atoms with Crippen molar-refractivity contribution in [2.45, 2.75) is 43.8 Å². The molecule has 0 aromatic heterocycles.